The Morgan fingerprint density at radius 2 is 1.96 bits per heavy atom. The minimum Gasteiger partial charge on any atom is -0.497 e. The molecule has 3 heteroatoms. The van der Waals surface area contributed by atoms with E-state index in [9.17, 15) is 4.39 Å². The quantitative estimate of drug-likeness (QED) is 0.734. The zero-order valence-electron chi connectivity index (χ0n) is 14.6. The number of halogens is 1. The van der Waals surface area contributed by atoms with Crippen LogP contribution in [0.3, 0.4) is 0 Å². The Balaban J connectivity index is 0.000000240. The maximum Gasteiger partial charge on any atom is 0.131 e. The molecule has 1 aliphatic heterocycles. The van der Waals surface area contributed by atoms with Gasteiger partial charge in [-0.2, -0.15) is 0 Å². The lowest BCUT2D eigenvalue weighted by Crippen LogP contribution is -2.23. The molecule has 0 fully saturated rings. The summed E-state index contributed by atoms with van der Waals surface area (Å²) in [6, 6.07) is 5.96. The highest BCUT2D eigenvalue weighted by atomic mass is 19.1. The number of hydrogen-bond donors (Lipinski definition) is 1. The standard InChI is InChI=1S/C18H16FN.C5H6O/c19-18-10-17-13-4-2-1-3-11(13)5-7-14(17)16-9-12(20)6-8-15(16)18;1-2-4-6-5-3-1/h1,3,5-8,10,12H,2,4,9,20H2;1-4H,5H2. The topological polar surface area (TPSA) is 35.2 Å². The highest BCUT2D eigenvalue weighted by Crippen LogP contribution is 2.35. The third kappa shape index (κ3) is 3.23. The van der Waals surface area contributed by atoms with Crippen molar-refractivity contribution in [2.75, 3.05) is 6.61 Å². The van der Waals surface area contributed by atoms with E-state index < -0.39 is 0 Å². The molecule has 0 aromatic heterocycles. The van der Waals surface area contributed by atoms with Gasteiger partial charge in [-0.1, -0.05) is 42.5 Å². The van der Waals surface area contributed by atoms with Gasteiger partial charge in [0.05, 0.1) is 6.26 Å². The Hall–Kier alpha value is -2.65. The first-order valence-corrected chi connectivity index (χ1v) is 9.04. The highest BCUT2D eigenvalue weighted by Gasteiger charge is 2.19. The summed E-state index contributed by atoms with van der Waals surface area (Å²) in [6.45, 7) is 0.733. The molecule has 1 atom stereocenters. The average Bonchev–Trinajstić information content (AvgIpc) is 2.70. The molecule has 0 radical (unpaired) electrons. The van der Waals surface area contributed by atoms with Gasteiger partial charge in [-0.15, -0.1) is 0 Å². The van der Waals surface area contributed by atoms with Crippen LogP contribution in [0.2, 0.25) is 0 Å². The summed E-state index contributed by atoms with van der Waals surface area (Å²) >= 11 is 0. The molecule has 0 spiro atoms. The lowest BCUT2D eigenvalue weighted by atomic mass is 9.85. The fourth-order valence-electron chi connectivity index (χ4n) is 3.75. The number of rotatable bonds is 0. The first kappa shape index (κ1) is 16.8. The second-order valence-electron chi connectivity index (χ2n) is 6.74. The van der Waals surface area contributed by atoms with E-state index in [0.717, 1.165) is 35.8 Å². The van der Waals surface area contributed by atoms with E-state index in [4.69, 9.17) is 10.5 Å². The van der Waals surface area contributed by atoms with Gasteiger partial charge in [-0.05, 0) is 64.9 Å². The zero-order chi connectivity index (χ0) is 17.9. The number of benzene rings is 2. The van der Waals surface area contributed by atoms with Crippen LogP contribution in [0.4, 0.5) is 4.39 Å². The first-order chi connectivity index (χ1) is 12.7. The van der Waals surface area contributed by atoms with Gasteiger partial charge in [0.1, 0.15) is 12.4 Å². The number of hydrogen-bond acceptors (Lipinski definition) is 2. The lowest BCUT2D eigenvalue weighted by Gasteiger charge is -2.21. The van der Waals surface area contributed by atoms with Crippen molar-refractivity contribution in [2.45, 2.75) is 25.3 Å². The summed E-state index contributed by atoms with van der Waals surface area (Å²) in [6.07, 6.45) is 18.2. The molecule has 0 amide bonds. The third-order valence-corrected chi connectivity index (χ3v) is 4.99. The van der Waals surface area contributed by atoms with Gasteiger partial charge in [0.2, 0.25) is 0 Å². The number of allylic oxidation sites excluding steroid dienone is 3. The van der Waals surface area contributed by atoms with Crippen molar-refractivity contribution >= 4 is 22.9 Å². The normalized spacial score (nSPS) is 19.4. The van der Waals surface area contributed by atoms with Crippen LogP contribution in [0, 0.1) is 5.82 Å². The molecular formula is C23H22FNO. The minimum absolute atomic E-state index is 0.0107. The average molecular weight is 347 g/mol. The van der Waals surface area contributed by atoms with Crippen LogP contribution in [0.5, 0.6) is 0 Å². The largest absolute Gasteiger partial charge is 0.497 e. The van der Waals surface area contributed by atoms with Crippen LogP contribution in [0.25, 0.3) is 22.9 Å². The fourth-order valence-corrected chi connectivity index (χ4v) is 3.75. The molecule has 2 N–H and O–H groups in total. The van der Waals surface area contributed by atoms with Crippen molar-refractivity contribution in [1.82, 2.24) is 0 Å². The monoisotopic (exact) mass is 347 g/mol. The Bertz CT molecular complexity index is 941. The number of ether oxygens (including phenoxy) is 1. The second kappa shape index (κ2) is 7.30. The van der Waals surface area contributed by atoms with Gasteiger partial charge in [0.15, 0.2) is 0 Å². The van der Waals surface area contributed by atoms with Crippen LogP contribution >= 0.6 is 0 Å². The predicted molar refractivity (Wildman–Crippen MR) is 106 cm³/mol. The van der Waals surface area contributed by atoms with Gasteiger partial charge in [-0.3, -0.25) is 0 Å². The smallest absolute Gasteiger partial charge is 0.131 e. The van der Waals surface area contributed by atoms with E-state index in [-0.39, 0.29) is 11.9 Å². The Morgan fingerprint density at radius 1 is 1.04 bits per heavy atom. The fraction of sp³-hybridized carbons (Fsp3) is 0.217. The van der Waals surface area contributed by atoms with Crippen LogP contribution < -0.4 is 5.73 Å². The second-order valence-corrected chi connectivity index (χ2v) is 6.74. The number of fused-ring (bicyclic) bond motifs is 5. The highest BCUT2D eigenvalue weighted by molar-refractivity contribution is 5.94. The summed E-state index contributed by atoms with van der Waals surface area (Å²) in [4.78, 5) is 0. The SMILES string of the molecule is C1=CCOC=C1.NC1C=Cc2c(F)cc3c4c(ccc3c2C1)C=CCC4. The Morgan fingerprint density at radius 3 is 2.69 bits per heavy atom. The van der Waals surface area contributed by atoms with Crippen molar-refractivity contribution in [3.05, 3.63) is 82.9 Å². The molecule has 2 aromatic rings. The Kier molecular flexibility index (Phi) is 4.72. The summed E-state index contributed by atoms with van der Waals surface area (Å²) in [5.41, 5.74) is 10.3. The summed E-state index contributed by atoms with van der Waals surface area (Å²) < 4.78 is 19.2. The van der Waals surface area contributed by atoms with Gasteiger partial charge < -0.3 is 10.5 Å². The molecular weight excluding hydrogens is 325 g/mol. The maximum absolute atomic E-state index is 14.4. The van der Waals surface area contributed by atoms with Gasteiger partial charge in [-0.25, -0.2) is 4.39 Å². The molecule has 0 saturated carbocycles. The van der Waals surface area contributed by atoms with Gasteiger partial charge >= 0.3 is 0 Å². The van der Waals surface area contributed by atoms with Crippen LogP contribution in [0.1, 0.15) is 28.7 Å². The maximum atomic E-state index is 14.4. The van der Waals surface area contributed by atoms with Crippen molar-refractivity contribution in [2.24, 2.45) is 5.73 Å². The van der Waals surface area contributed by atoms with E-state index in [1.54, 1.807) is 12.3 Å². The molecule has 1 unspecified atom stereocenters. The van der Waals surface area contributed by atoms with Gasteiger partial charge in [0, 0.05) is 11.6 Å². The lowest BCUT2D eigenvalue weighted by molar-refractivity contribution is 0.286. The van der Waals surface area contributed by atoms with Crippen molar-refractivity contribution in [3.63, 3.8) is 0 Å². The molecule has 0 saturated heterocycles. The third-order valence-electron chi connectivity index (χ3n) is 4.99. The molecule has 1 heterocycles. The van der Waals surface area contributed by atoms with Crippen molar-refractivity contribution in [3.8, 4) is 0 Å². The van der Waals surface area contributed by atoms with Gasteiger partial charge in [0.25, 0.3) is 0 Å². The van der Waals surface area contributed by atoms with Crippen molar-refractivity contribution in [1.29, 1.82) is 0 Å². The van der Waals surface area contributed by atoms with E-state index in [0.29, 0.717) is 12.0 Å². The summed E-state index contributed by atoms with van der Waals surface area (Å²) in [5.74, 6) is -0.126. The number of aryl methyl sites for hydroxylation is 1. The summed E-state index contributed by atoms with van der Waals surface area (Å²) in [7, 11) is 0. The van der Waals surface area contributed by atoms with E-state index >= 15 is 0 Å². The van der Waals surface area contributed by atoms with Crippen molar-refractivity contribution < 1.29 is 9.13 Å². The molecule has 5 rings (SSSR count). The molecule has 2 aliphatic carbocycles. The molecule has 2 aromatic carbocycles. The van der Waals surface area contributed by atoms with Crippen LogP contribution in [-0.2, 0) is 17.6 Å². The van der Waals surface area contributed by atoms with E-state index in [1.807, 2.05) is 30.4 Å². The summed E-state index contributed by atoms with van der Waals surface area (Å²) in [5, 5.41) is 2.22. The zero-order valence-corrected chi connectivity index (χ0v) is 14.6. The van der Waals surface area contributed by atoms with E-state index in [1.165, 1.54) is 11.1 Å². The molecule has 2 nitrogen and oxygen atoms in total. The van der Waals surface area contributed by atoms with Crippen LogP contribution in [-0.4, -0.2) is 12.6 Å². The first-order valence-electron chi connectivity index (χ1n) is 9.04. The molecule has 0 bridgehead atoms. The molecule has 132 valence electrons. The number of nitrogens with two attached hydrogens (primary N) is 1. The minimum atomic E-state index is -0.126. The Labute approximate surface area is 153 Å². The molecule has 3 aliphatic rings. The van der Waals surface area contributed by atoms with Crippen LogP contribution in [0.15, 0.2) is 54.8 Å². The van der Waals surface area contributed by atoms with E-state index in [2.05, 4.69) is 24.3 Å². The molecule has 26 heavy (non-hydrogen) atoms. The predicted octanol–water partition coefficient (Wildman–Crippen LogP) is 4.92.